The van der Waals surface area contributed by atoms with Gasteiger partial charge in [-0.05, 0) is 12.1 Å². The van der Waals surface area contributed by atoms with E-state index in [2.05, 4.69) is 0 Å². The quantitative estimate of drug-likeness (QED) is 0.449. The average molecular weight is 265 g/mol. The molecule has 0 saturated heterocycles. The Labute approximate surface area is 112 Å². The highest BCUT2D eigenvalue weighted by Crippen LogP contribution is 2.12. The number of carbonyl (C=O) groups excluding carboxylic acids is 2. The standard InChI is InChI=1S/C12H19N5O2/c1-15(2)16(9-8-11(13)18)12(19)17(14)10-6-4-3-5-7-10/h3-7H,8-9,14H2,1-2H3,(H2,13,18). The molecule has 4 N–H and O–H groups in total. The molecule has 0 aliphatic heterocycles. The van der Waals surface area contributed by atoms with Crippen molar-refractivity contribution in [2.45, 2.75) is 6.42 Å². The van der Waals surface area contributed by atoms with Gasteiger partial charge in [0.25, 0.3) is 0 Å². The molecular formula is C12H19N5O2. The van der Waals surface area contributed by atoms with E-state index < -0.39 is 11.9 Å². The number of primary amides is 1. The van der Waals surface area contributed by atoms with Gasteiger partial charge in [-0.2, -0.15) is 0 Å². The predicted molar refractivity (Wildman–Crippen MR) is 72.7 cm³/mol. The second-order valence-corrected chi connectivity index (χ2v) is 4.17. The molecule has 0 saturated carbocycles. The number of urea groups is 1. The third kappa shape index (κ3) is 4.23. The number of amides is 3. The molecule has 0 fully saturated rings. The van der Waals surface area contributed by atoms with Gasteiger partial charge in [0.2, 0.25) is 5.91 Å². The van der Waals surface area contributed by atoms with Crippen molar-refractivity contribution in [1.29, 1.82) is 0 Å². The summed E-state index contributed by atoms with van der Waals surface area (Å²) in [7, 11) is 3.38. The summed E-state index contributed by atoms with van der Waals surface area (Å²) in [6.07, 6.45) is 0.0759. The van der Waals surface area contributed by atoms with Gasteiger partial charge in [0, 0.05) is 27.1 Å². The third-order valence-corrected chi connectivity index (χ3v) is 2.51. The number of carbonyl (C=O) groups is 2. The van der Waals surface area contributed by atoms with Crippen LogP contribution >= 0.6 is 0 Å². The predicted octanol–water partition coefficient (Wildman–Crippen LogP) is 0.141. The maximum Gasteiger partial charge on any atom is 0.353 e. The molecule has 0 heterocycles. The van der Waals surface area contributed by atoms with Gasteiger partial charge >= 0.3 is 6.03 Å². The summed E-state index contributed by atoms with van der Waals surface area (Å²) in [6, 6.07) is 8.41. The van der Waals surface area contributed by atoms with Crippen LogP contribution in [0.25, 0.3) is 0 Å². The molecule has 7 heteroatoms. The first-order valence-electron chi connectivity index (χ1n) is 5.80. The van der Waals surface area contributed by atoms with E-state index in [4.69, 9.17) is 11.6 Å². The Hall–Kier alpha value is -2.12. The van der Waals surface area contributed by atoms with Gasteiger partial charge in [0.15, 0.2) is 0 Å². The Morgan fingerprint density at radius 3 is 2.21 bits per heavy atom. The number of hydrogen-bond donors (Lipinski definition) is 2. The lowest BCUT2D eigenvalue weighted by Crippen LogP contribution is -2.53. The fourth-order valence-corrected chi connectivity index (χ4v) is 1.51. The van der Waals surface area contributed by atoms with Gasteiger partial charge in [0.05, 0.1) is 5.69 Å². The lowest BCUT2D eigenvalue weighted by molar-refractivity contribution is -0.118. The zero-order valence-corrected chi connectivity index (χ0v) is 11.1. The largest absolute Gasteiger partial charge is 0.370 e. The minimum absolute atomic E-state index is 0.0759. The Kier molecular flexibility index (Phi) is 5.28. The van der Waals surface area contributed by atoms with E-state index in [1.807, 2.05) is 6.07 Å². The molecule has 0 atom stereocenters. The molecule has 0 aliphatic rings. The normalized spacial score (nSPS) is 10.3. The molecule has 19 heavy (non-hydrogen) atoms. The number of hydrazine groups is 2. The number of nitrogens with two attached hydrogens (primary N) is 2. The Balaban J connectivity index is 2.79. The second-order valence-electron chi connectivity index (χ2n) is 4.17. The molecule has 0 aliphatic carbocycles. The molecule has 3 amide bonds. The monoisotopic (exact) mass is 265 g/mol. The van der Waals surface area contributed by atoms with E-state index in [-0.39, 0.29) is 13.0 Å². The molecule has 0 aromatic heterocycles. The fraction of sp³-hybridized carbons (Fsp3) is 0.333. The van der Waals surface area contributed by atoms with E-state index in [0.29, 0.717) is 5.69 Å². The second kappa shape index (κ2) is 6.72. The van der Waals surface area contributed by atoms with Gasteiger partial charge in [-0.15, -0.1) is 0 Å². The van der Waals surface area contributed by atoms with Crippen molar-refractivity contribution >= 4 is 17.6 Å². The molecule has 1 aromatic rings. The van der Waals surface area contributed by atoms with Gasteiger partial charge < -0.3 is 5.73 Å². The average Bonchev–Trinajstić information content (AvgIpc) is 2.38. The summed E-state index contributed by atoms with van der Waals surface area (Å²) in [5.41, 5.74) is 5.66. The van der Waals surface area contributed by atoms with Gasteiger partial charge in [-0.25, -0.2) is 20.7 Å². The summed E-state index contributed by atoms with van der Waals surface area (Å²) >= 11 is 0. The summed E-state index contributed by atoms with van der Waals surface area (Å²) in [4.78, 5) is 23.0. The number of benzene rings is 1. The molecule has 1 rings (SSSR count). The maximum atomic E-state index is 12.2. The van der Waals surface area contributed by atoms with Crippen molar-refractivity contribution < 1.29 is 9.59 Å². The first-order valence-corrected chi connectivity index (χ1v) is 5.80. The van der Waals surface area contributed by atoms with Crippen LogP contribution in [0.2, 0.25) is 0 Å². The topological polar surface area (TPSA) is 95.9 Å². The minimum atomic E-state index is -0.470. The molecule has 0 unspecified atom stereocenters. The number of para-hydroxylation sites is 1. The number of rotatable bonds is 5. The van der Waals surface area contributed by atoms with E-state index >= 15 is 0 Å². The first kappa shape index (κ1) is 14.9. The van der Waals surface area contributed by atoms with Crippen LogP contribution < -0.4 is 16.6 Å². The number of hydrogen-bond acceptors (Lipinski definition) is 4. The van der Waals surface area contributed by atoms with E-state index in [0.717, 1.165) is 5.01 Å². The van der Waals surface area contributed by atoms with E-state index in [1.54, 1.807) is 43.4 Å². The van der Waals surface area contributed by atoms with Crippen LogP contribution in [-0.2, 0) is 4.79 Å². The van der Waals surface area contributed by atoms with Crippen LogP contribution in [0, 0.1) is 0 Å². The molecule has 0 bridgehead atoms. The highest BCUT2D eigenvalue weighted by atomic mass is 16.2. The van der Waals surface area contributed by atoms with Crippen molar-refractivity contribution in [2.24, 2.45) is 11.6 Å². The number of anilines is 1. The highest BCUT2D eigenvalue weighted by Gasteiger charge is 2.22. The van der Waals surface area contributed by atoms with E-state index in [9.17, 15) is 9.59 Å². The van der Waals surface area contributed by atoms with Crippen molar-refractivity contribution in [1.82, 2.24) is 10.0 Å². The van der Waals surface area contributed by atoms with Crippen LogP contribution in [0.1, 0.15) is 6.42 Å². The molecule has 7 nitrogen and oxygen atoms in total. The molecule has 104 valence electrons. The van der Waals surface area contributed by atoms with Gasteiger partial charge in [0.1, 0.15) is 0 Å². The lowest BCUT2D eigenvalue weighted by atomic mass is 10.3. The molecular weight excluding hydrogens is 246 g/mol. The minimum Gasteiger partial charge on any atom is -0.370 e. The summed E-state index contributed by atoms with van der Waals surface area (Å²) in [5, 5.41) is 3.94. The van der Waals surface area contributed by atoms with E-state index in [1.165, 1.54) is 5.01 Å². The van der Waals surface area contributed by atoms with Crippen LogP contribution in [0.3, 0.4) is 0 Å². The summed E-state index contributed by atoms with van der Waals surface area (Å²) < 4.78 is 0. The Bertz CT molecular complexity index is 435. The van der Waals surface area contributed by atoms with Crippen molar-refractivity contribution in [3.63, 3.8) is 0 Å². The van der Waals surface area contributed by atoms with Crippen LogP contribution in [0.4, 0.5) is 10.5 Å². The fourth-order valence-electron chi connectivity index (χ4n) is 1.51. The summed E-state index contributed by atoms with van der Waals surface area (Å²) in [5.74, 6) is 5.31. The Morgan fingerprint density at radius 2 is 1.74 bits per heavy atom. The van der Waals surface area contributed by atoms with Crippen molar-refractivity contribution in [2.75, 3.05) is 25.6 Å². The zero-order chi connectivity index (χ0) is 14.4. The van der Waals surface area contributed by atoms with Gasteiger partial charge in [-0.3, -0.25) is 9.80 Å². The van der Waals surface area contributed by atoms with Crippen LogP contribution in [-0.4, -0.2) is 42.6 Å². The van der Waals surface area contributed by atoms with Crippen molar-refractivity contribution in [3.05, 3.63) is 30.3 Å². The number of nitrogens with zero attached hydrogens (tertiary/aromatic N) is 3. The molecule has 1 aromatic carbocycles. The smallest absolute Gasteiger partial charge is 0.353 e. The molecule has 0 spiro atoms. The third-order valence-electron chi connectivity index (χ3n) is 2.51. The lowest BCUT2D eigenvalue weighted by Gasteiger charge is -2.32. The van der Waals surface area contributed by atoms with Gasteiger partial charge in [-0.1, -0.05) is 18.2 Å². The van der Waals surface area contributed by atoms with Crippen LogP contribution in [0.15, 0.2) is 30.3 Å². The zero-order valence-electron chi connectivity index (χ0n) is 11.1. The summed E-state index contributed by atoms with van der Waals surface area (Å²) in [6.45, 7) is 0.182. The Morgan fingerprint density at radius 1 is 1.16 bits per heavy atom. The maximum absolute atomic E-state index is 12.2. The molecule has 0 radical (unpaired) electrons. The highest BCUT2D eigenvalue weighted by molar-refractivity contribution is 5.90. The SMILES string of the molecule is CN(C)N(CCC(N)=O)C(=O)N(N)c1ccccc1. The van der Waals surface area contributed by atoms with Crippen molar-refractivity contribution in [3.8, 4) is 0 Å². The first-order chi connectivity index (χ1) is 8.93. The van der Waals surface area contributed by atoms with Crippen LogP contribution in [0.5, 0.6) is 0 Å².